The lowest BCUT2D eigenvalue weighted by molar-refractivity contribution is -0.859. The highest BCUT2D eigenvalue weighted by atomic mass is 17.3. The van der Waals surface area contributed by atoms with Crippen LogP contribution in [-0.2, 0) is 14.7 Å². The average Bonchev–Trinajstić information content (AvgIpc) is 2.49. The third-order valence-electron chi connectivity index (χ3n) is 3.55. The van der Waals surface area contributed by atoms with Crippen LogP contribution in [0.25, 0.3) is 0 Å². The van der Waals surface area contributed by atoms with Crippen LogP contribution in [0.15, 0.2) is 0 Å². The lowest BCUT2D eigenvalue weighted by Crippen LogP contribution is -2.34. The van der Waals surface area contributed by atoms with Crippen LogP contribution in [0.3, 0.4) is 0 Å². The van der Waals surface area contributed by atoms with Gasteiger partial charge in [0.15, 0.2) is 0 Å². The van der Waals surface area contributed by atoms with Crippen molar-refractivity contribution in [2.24, 2.45) is 0 Å². The summed E-state index contributed by atoms with van der Waals surface area (Å²) in [6, 6.07) is 0. The fraction of sp³-hybridized carbons (Fsp3) is 1.00. The highest BCUT2D eigenvalue weighted by Gasteiger charge is 2.27. The van der Waals surface area contributed by atoms with Crippen molar-refractivity contribution in [3.05, 3.63) is 20.2 Å². The van der Waals surface area contributed by atoms with Gasteiger partial charge in [-0.25, -0.2) is 0 Å². The molecule has 0 heterocycles. The second kappa shape index (κ2) is 14.0. The molecule has 0 aromatic rings. The zero-order chi connectivity index (χ0) is 17.5. The largest absolute Gasteiger partial charge is 0.322 e. The number of unbranched alkanes of at least 4 members (excludes halogenated alkanes) is 6. The quantitative estimate of drug-likeness (QED) is 0.181. The summed E-state index contributed by atoms with van der Waals surface area (Å²) in [7, 11) is 0. The number of rotatable bonds is 16. The predicted molar refractivity (Wildman–Crippen MR) is 82.3 cm³/mol. The number of hydrogen-bond donors (Lipinski definition) is 0. The molecule has 9 heteroatoms. The van der Waals surface area contributed by atoms with Gasteiger partial charge in [0.1, 0.15) is 12.2 Å². The monoisotopic (exact) mass is 336 g/mol. The summed E-state index contributed by atoms with van der Waals surface area (Å²) in [5.41, 5.74) is 0. The Morgan fingerprint density at radius 2 is 1.30 bits per heavy atom. The first-order valence-electron chi connectivity index (χ1n) is 8.30. The first kappa shape index (κ1) is 21.4. The molecule has 2 unspecified atom stereocenters. The molecule has 0 aromatic carbocycles. The van der Waals surface area contributed by atoms with Crippen molar-refractivity contribution in [3.63, 3.8) is 0 Å². The number of hydrogen-bond acceptors (Lipinski definition) is 7. The highest BCUT2D eigenvalue weighted by molar-refractivity contribution is 4.69. The van der Waals surface area contributed by atoms with E-state index in [0.717, 1.165) is 51.4 Å². The molecule has 23 heavy (non-hydrogen) atoms. The lowest BCUT2D eigenvalue weighted by atomic mass is 10.0. The average molecular weight is 336 g/mol. The first-order chi connectivity index (χ1) is 11.0. The van der Waals surface area contributed by atoms with Crippen molar-refractivity contribution in [2.75, 3.05) is 0 Å². The van der Waals surface area contributed by atoms with Gasteiger partial charge in [-0.3, -0.25) is 0 Å². The van der Waals surface area contributed by atoms with Gasteiger partial charge >= 0.3 is 5.09 Å². The summed E-state index contributed by atoms with van der Waals surface area (Å²) >= 11 is 0. The number of nitrogens with zero attached hydrogens (tertiary/aromatic N) is 2. The maximum Gasteiger partial charge on any atom is 0.322 e. The fourth-order valence-electron chi connectivity index (χ4n) is 2.35. The van der Waals surface area contributed by atoms with E-state index >= 15 is 0 Å². The molecular weight excluding hydrogens is 308 g/mol. The Bertz CT molecular complexity index is 328. The minimum atomic E-state index is -1.07. The molecule has 0 aliphatic carbocycles. The second-order valence-corrected chi connectivity index (χ2v) is 5.50. The van der Waals surface area contributed by atoms with E-state index in [2.05, 4.69) is 23.7 Å². The topological polar surface area (TPSA) is 114 Å². The van der Waals surface area contributed by atoms with Crippen LogP contribution in [0.2, 0.25) is 0 Å². The summed E-state index contributed by atoms with van der Waals surface area (Å²) in [6.45, 7) is 4.13. The molecule has 0 amide bonds. The Labute approximate surface area is 136 Å². The van der Waals surface area contributed by atoms with Crippen LogP contribution in [0, 0.1) is 20.2 Å². The predicted octanol–water partition coefficient (Wildman–Crippen LogP) is 4.01. The highest BCUT2D eigenvalue weighted by Crippen LogP contribution is 2.20. The maximum atomic E-state index is 10.7. The smallest absolute Gasteiger partial charge is 0.308 e. The molecule has 0 rings (SSSR count). The van der Waals surface area contributed by atoms with Crippen LogP contribution < -0.4 is 0 Å². The van der Waals surface area contributed by atoms with E-state index in [9.17, 15) is 20.2 Å². The molecule has 0 spiro atoms. The van der Waals surface area contributed by atoms with Gasteiger partial charge in [0.05, 0.1) is 0 Å². The third-order valence-corrected chi connectivity index (χ3v) is 3.55. The summed E-state index contributed by atoms with van der Waals surface area (Å²) in [5.74, 6) is 0. The van der Waals surface area contributed by atoms with Gasteiger partial charge in [-0.15, -0.1) is 25.2 Å². The van der Waals surface area contributed by atoms with Crippen LogP contribution in [0.5, 0.6) is 0 Å². The van der Waals surface area contributed by atoms with E-state index in [1.54, 1.807) is 0 Å². The SMILES string of the molecule is CCCCCCC(OO[N+](=O)[O-])C(CCCCCC)O[N+](=O)[O-]. The van der Waals surface area contributed by atoms with Gasteiger partial charge < -0.3 is 4.84 Å². The maximum absolute atomic E-state index is 10.7. The van der Waals surface area contributed by atoms with Crippen molar-refractivity contribution >= 4 is 0 Å². The van der Waals surface area contributed by atoms with E-state index in [1.807, 2.05) is 0 Å². The fourth-order valence-corrected chi connectivity index (χ4v) is 2.35. The zero-order valence-corrected chi connectivity index (χ0v) is 14.0. The van der Waals surface area contributed by atoms with Crippen LogP contribution in [0.4, 0.5) is 0 Å². The molecule has 2 atom stereocenters. The molecule has 0 bridgehead atoms. The standard InChI is InChI=1S/C14H28N2O7/c1-3-5-7-9-11-13(21-15(17)18)14(22-23-16(19)20)12-10-8-6-4-2/h13-14H,3-12H2,1-2H3. The van der Waals surface area contributed by atoms with E-state index < -0.39 is 22.4 Å². The molecule has 136 valence electrons. The molecule has 0 saturated heterocycles. The molecule has 0 fully saturated rings. The third kappa shape index (κ3) is 12.6. The lowest BCUT2D eigenvalue weighted by Gasteiger charge is -2.23. The van der Waals surface area contributed by atoms with Crippen molar-refractivity contribution < 1.29 is 24.9 Å². The minimum absolute atomic E-state index is 0.403. The van der Waals surface area contributed by atoms with E-state index in [4.69, 9.17) is 4.89 Å². The molecule has 9 nitrogen and oxygen atoms in total. The van der Waals surface area contributed by atoms with Gasteiger partial charge in [0, 0.05) is 0 Å². The van der Waals surface area contributed by atoms with Gasteiger partial charge in [-0.05, 0) is 12.8 Å². The minimum Gasteiger partial charge on any atom is -0.308 e. The normalized spacial score (nSPS) is 13.3. The summed E-state index contributed by atoms with van der Waals surface area (Å²) in [5, 5.41) is 19.0. The zero-order valence-electron chi connectivity index (χ0n) is 14.0. The molecule has 0 aliphatic rings. The second-order valence-electron chi connectivity index (χ2n) is 5.50. The first-order valence-corrected chi connectivity index (χ1v) is 8.30. The Morgan fingerprint density at radius 1 is 0.783 bits per heavy atom. The Morgan fingerprint density at radius 3 is 1.74 bits per heavy atom. The van der Waals surface area contributed by atoms with Gasteiger partial charge in [0.25, 0.3) is 5.09 Å². The van der Waals surface area contributed by atoms with Crippen molar-refractivity contribution in [1.82, 2.24) is 0 Å². The van der Waals surface area contributed by atoms with E-state index in [0.29, 0.717) is 12.8 Å². The van der Waals surface area contributed by atoms with E-state index in [1.165, 1.54) is 0 Å². The van der Waals surface area contributed by atoms with Crippen molar-refractivity contribution in [3.8, 4) is 0 Å². The summed E-state index contributed by atoms with van der Waals surface area (Å²) in [4.78, 5) is 34.4. The molecular formula is C14H28N2O7. The summed E-state index contributed by atoms with van der Waals surface area (Å²) < 4.78 is 0. The van der Waals surface area contributed by atoms with Crippen LogP contribution in [0.1, 0.15) is 78.1 Å². The van der Waals surface area contributed by atoms with Gasteiger partial charge in [-0.1, -0.05) is 65.2 Å². The van der Waals surface area contributed by atoms with Gasteiger partial charge in [0.2, 0.25) is 0 Å². The molecule has 0 N–H and O–H groups in total. The van der Waals surface area contributed by atoms with Gasteiger partial charge in [-0.2, -0.15) is 4.89 Å². The van der Waals surface area contributed by atoms with Crippen molar-refractivity contribution in [2.45, 2.75) is 90.3 Å². The Balaban J connectivity index is 4.58. The molecule has 0 saturated carbocycles. The van der Waals surface area contributed by atoms with Crippen LogP contribution in [-0.4, -0.2) is 22.4 Å². The molecule has 0 aliphatic heterocycles. The van der Waals surface area contributed by atoms with Crippen molar-refractivity contribution in [1.29, 1.82) is 0 Å². The molecule has 0 aromatic heterocycles. The molecule has 0 radical (unpaired) electrons. The summed E-state index contributed by atoms with van der Waals surface area (Å²) in [6.07, 6.45) is 6.60. The Hall–Kier alpha value is -1.64. The van der Waals surface area contributed by atoms with E-state index in [-0.39, 0.29) is 0 Å². The van der Waals surface area contributed by atoms with Crippen LogP contribution >= 0.6 is 0 Å². The Kier molecular flexibility index (Phi) is 13.0.